The molecule has 1 heterocycles. The fourth-order valence-corrected chi connectivity index (χ4v) is 2.34. The Labute approximate surface area is 152 Å². The molecule has 3 aromatic rings. The van der Waals surface area contributed by atoms with Crippen molar-refractivity contribution in [3.8, 4) is 17.2 Å². The van der Waals surface area contributed by atoms with Crippen LogP contribution in [0, 0.1) is 0 Å². The van der Waals surface area contributed by atoms with Gasteiger partial charge in [-0.05, 0) is 52.4 Å². The summed E-state index contributed by atoms with van der Waals surface area (Å²) in [6.45, 7) is -2.75. The minimum atomic E-state index is -2.94. The molecule has 0 aliphatic rings. The number of nitrogens with one attached hydrogen (secondary N) is 1. The Bertz CT molecular complexity index is 901. The number of ether oxygens (including phenoxy) is 2. The quantitative estimate of drug-likeness (QED) is 0.681. The van der Waals surface area contributed by atoms with Crippen LogP contribution in [0.1, 0.15) is 15.9 Å². The van der Waals surface area contributed by atoms with Crippen molar-refractivity contribution in [2.24, 2.45) is 0 Å². The van der Waals surface area contributed by atoms with Gasteiger partial charge < -0.3 is 14.8 Å². The van der Waals surface area contributed by atoms with Crippen molar-refractivity contribution in [3.05, 3.63) is 59.9 Å². The minimum Gasteiger partial charge on any atom is -0.493 e. The van der Waals surface area contributed by atoms with Crippen molar-refractivity contribution in [3.63, 3.8) is 0 Å². The number of amides is 1. The maximum atomic E-state index is 12.4. The molecule has 0 bridgehead atoms. The van der Waals surface area contributed by atoms with Gasteiger partial charge in [-0.25, -0.2) is 4.68 Å². The van der Waals surface area contributed by atoms with Gasteiger partial charge >= 0.3 is 6.61 Å². The van der Waals surface area contributed by atoms with Gasteiger partial charge in [-0.3, -0.25) is 4.79 Å². The lowest BCUT2D eigenvalue weighted by molar-refractivity contribution is -0.0512. The number of carbonyl (C=O) groups is 1. The van der Waals surface area contributed by atoms with Gasteiger partial charge in [0.1, 0.15) is 6.33 Å². The zero-order valence-electron chi connectivity index (χ0n) is 14.2. The number of tetrazole rings is 1. The molecule has 0 fully saturated rings. The van der Waals surface area contributed by atoms with Crippen molar-refractivity contribution in [2.45, 2.75) is 13.2 Å². The number of hydrogen-bond donors (Lipinski definition) is 1. The summed E-state index contributed by atoms with van der Waals surface area (Å²) in [6, 6.07) is 11.2. The Hall–Kier alpha value is -3.56. The van der Waals surface area contributed by atoms with Crippen molar-refractivity contribution >= 4 is 5.91 Å². The zero-order valence-corrected chi connectivity index (χ0v) is 14.2. The average molecular weight is 375 g/mol. The highest BCUT2D eigenvalue weighted by atomic mass is 19.3. The van der Waals surface area contributed by atoms with Crippen molar-refractivity contribution in [1.82, 2.24) is 25.5 Å². The molecule has 3 rings (SSSR count). The summed E-state index contributed by atoms with van der Waals surface area (Å²) in [5, 5.41) is 13.6. The summed E-state index contributed by atoms with van der Waals surface area (Å²) in [4.78, 5) is 12.3. The van der Waals surface area contributed by atoms with Gasteiger partial charge in [-0.15, -0.1) is 5.10 Å². The van der Waals surface area contributed by atoms with Gasteiger partial charge in [-0.1, -0.05) is 6.07 Å². The van der Waals surface area contributed by atoms with Gasteiger partial charge in [0.15, 0.2) is 11.5 Å². The number of halogens is 2. The number of rotatable bonds is 7. The second kappa shape index (κ2) is 8.21. The van der Waals surface area contributed by atoms with E-state index in [0.29, 0.717) is 11.1 Å². The first kappa shape index (κ1) is 18.2. The minimum absolute atomic E-state index is 0.0687. The monoisotopic (exact) mass is 375 g/mol. The molecule has 0 aliphatic heterocycles. The summed E-state index contributed by atoms with van der Waals surface area (Å²) in [7, 11) is 1.35. The number of hydrogen-bond acceptors (Lipinski definition) is 6. The molecule has 140 valence electrons. The van der Waals surface area contributed by atoms with E-state index in [1.807, 2.05) is 0 Å². The van der Waals surface area contributed by atoms with Crippen LogP contribution in [0.2, 0.25) is 0 Å². The van der Waals surface area contributed by atoms with E-state index < -0.39 is 6.61 Å². The largest absolute Gasteiger partial charge is 0.493 e. The lowest BCUT2D eigenvalue weighted by atomic mass is 10.1. The summed E-state index contributed by atoms with van der Waals surface area (Å²) >= 11 is 0. The molecule has 0 atom stereocenters. The van der Waals surface area contributed by atoms with Crippen LogP contribution in [0.3, 0.4) is 0 Å². The number of nitrogens with zero attached hydrogens (tertiary/aromatic N) is 4. The normalized spacial score (nSPS) is 10.7. The molecule has 2 aromatic carbocycles. The number of carbonyl (C=O) groups excluding carboxylic acids is 1. The lowest BCUT2D eigenvalue weighted by Gasteiger charge is -2.12. The van der Waals surface area contributed by atoms with Crippen molar-refractivity contribution in [1.29, 1.82) is 0 Å². The van der Waals surface area contributed by atoms with Crippen LogP contribution < -0.4 is 14.8 Å². The first-order valence-corrected chi connectivity index (χ1v) is 7.80. The van der Waals surface area contributed by atoms with Crippen LogP contribution in [0.4, 0.5) is 8.78 Å². The summed E-state index contributed by atoms with van der Waals surface area (Å²) in [6.07, 6.45) is 1.45. The fourth-order valence-electron chi connectivity index (χ4n) is 2.34. The van der Waals surface area contributed by atoms with Gasteiger partial charge in [0, 0.05) is 12.1 Å². The molecule has 27 heavy (non-hydrogen) atoms. The average Bonchev–Trinajstić information content (AvgIpc) is 3.21. The molecule has 1 aromatic heterocycles. The van der Waals surface area contributed by atoms with Crippen LogP contribution in [-0.4, -0.2) is 39.8 Å². The molecule has 1 N–H and O–H groups in total. The van der Waals surface area contributed by atoms with Gasteiger partial charge in [0.25, 0.3) is 5.91 Å². The van der Waals surface area contributed by atoms with Gasteiger partial charge in [0.2, 0.25) is 0 Å². The van der Waals surface area contributed by atoms with Crippen LogP contribution >= 0.6 is 0 Å². The SMILES string of the molecule is COc1cc(CNC(=O)c2ccc(-n3cnnn3)cc2)ccc1OC(F)F. The summed E-state index contributed by atoms with van der Waals surface area (Å²) in [5.41, 5.74) is 1.85. The van der Waals surface area contributed by atoms with Crippen LogP contribution in [-0.2, 0) is 6.54 Å². The highest BCUT2D eigenvalue weighted by molar-refractivity contribution is 5.94. The topological polar surface area (TPSA) is 91.2 Å². The predicted octanol–water partition coefficient (Wildman–Crippen LogP) is 2.20. The van der Waals surface area contributed by atoms with Crippen molar-refractivity contribution < 1.29 is 23.0 Å². The second-order valence-corrected chi connectivity index (χ2v) is 5.35. The van der Waals surface area contributed by atoms with Gasteiger partial charge in [0.05, 0.1) is 12.8 Å². The number of methoxy groups -OCH3 is 1. The second-order valence-electron chi connectivity index (χ2n) is 5.35. The predicted molar refractivity (Wildman–Crippen MR) is 90.0 cm³/mol. The van der Waals surface area contributed by atoms with E-state index in [2.05, 4.69) is 25.6 Å². The number of benzene rings is 2. The molecule has 1 amide bonds. The Morgan fingerprint density at radius 2 is 1.96 bits per heavy atom. The third-order valence-electron chi connectivity index (χ3n) is 3.64. The van der Waals surface area contributed by atoms with E-state index in [4.69, 9.17) is 4.74 Å². The van der Waals surface area contributed by atoms with Crippen LogP contribution in [0.15, 0.2) is 48.8 Å². The molecular weight excluding hydrogens is 360 g/mol. The Morgan fingerprint density at radius 3 is 2.59 bits per heavy atom. The summed E-state index contributed by atoms with van der Waals surface area (Å²) in [5.74, 6) is -0.196. The van der Waals surface area contributed by atoms with E-state index in [1.54, 1.807) is 30.3 Å². The van der Waals surface area contributed by atoms with Crippen LogP contribution in [0.25, 0.3) is 5.69 Å². The number of aromatic nitrogens is 4. The van der Waals surface area contributed by atoms with Gasteiger partial charge in [-0.2, -0.15) is 8.78 Å². The van der Waals surface area contributed by atoms with E-state index >= 15 is 0 Å². The maximum absolute atomic E-state index is 12.4. The Balaban J connectivity index is 1.63. The molecule has 8 nitrogen and oxygen atoms in total. The van der Waals surface area contributed by atoms with Crippen LogP contribution in [0.5, 0.6) is 11.5 Å². The molecule has 0 saturated heterocycles. The molecule has 0 unspecified atom stereocenters. The maximum Gasteiger partial charge on any atom is 0.387 e. The third-order valence-corrected chi connectivity index (χ3v) is 3.64. The Morgan fingerprint density at radius 1 is 1.19 bits per heavy atom. The molecule has 0 saturated carbocycles. The molecule has 0 aliphatic carbocycles. The van der Waals surface area contributed by atoms with E-state index in [9.17, 15) is 13.6 Å². The molecule has 0 radical (unpaired) electrons. The van der Waals surface area contributed by atoms with E-state index in [1.165, 1.54) is 30.3 Å². The lowest BCUT2D eigenvalue weighted by Crippen LogP contribution is -2.22. The fraction of sp³-hybridized carbons (Fsp3) is 0.176. The molecular formula is C17H15F2N5O3. The number of alkyl halides is 2. The first-order chi connectivity index (χ1) is 13.1. The van der Waals surface area contributed by atoms with Crippen molar-refractivity contribution in [2.75, 3.05) is 7.11 Å². The van der Waals surface area contributed by atoms with E-state index in [-0.39, 0.29) is 24.0 Å². The molecule has 0 spiro atoms. The standard InChI is InChI=1S/C17H15F2N5O3/c1-26-15-8-11(2-7-14(15)27-17(18)19)9-20-16(25)12-3-5-13(6-4-12)24-10-21-22-23-24/h2-8,10,17H,9H2,1H3,(H,20,25). The first-order valence-electron chi connectivity index (χ1n) is 7.80. The summed E-state index contributed by atoms with van der Waals surface area (Å²) < 4.78 is 35.6. The highest BCUT2D eigenvalue weighted by Gasteiger charge is 2.12. The smallest absolute Gasteiger partial charge is 0.387 e. The third kappa shape index (κ3) is 4.54. The molecule has 10 heteroatoms. The Kier molecular flexibility index (Phi) is 5.55. The highest BCUT2D eigenvalue weighted by Crippen LogP contribution is 2.29. The van der Waals surface area contributed by atoms with E-state index in [0.717, 1.165) is 5.69 Å². The zero-order chi connectivity index (χ0) is 19.2.